The molecule has 36 heavy (non-hydrogen) atoms. The number of likely N-dealkylation sites (N-methyl/N-ethyl adjacent to an activating group) is 1. The Morgan fingerprint density at radius 3 is 2.17 bits per heavy atom. The minimum atomic E-state index is -3.50. The zero-order valence-corrected chi connectivity index (χ0v) is 21.3. The highest BCUT2D eigenvalue weighted by Crippen LogP contribution is 2.24. The molecule has 0 aliphatic carbocycles. The molecule has 1 unspecified atom stereocenters. The molecular weight excluding hydrogens is 478 g/mol. The summed E-state index contributed by atoms with van der Waals surface area (Å²) in [5.41, 5.74) is 7.96. The normalized spacial score (nSPS) is 19.8. The van der Waals surface area contributed by atoms with Crippen LogP contribution in [0.5, 0.6) is 0 Å². The summed E-state index contributed by atoms with van der Waals surface area (Å²) in [6, 6.07) is 16.1. The third-order valence-corrected chi connectivity index (χ3v) is 8.89. The second-order valence-corrected chi connectivity index (χ2v) is 11.5. The first-order chi connectivity index (χ1) is 17.2. The maximum absolute atomic E-state index is 13.0. The third-order valence-electron chi connectivity index (χ3n) is 6.98. The molecule has 2 aliphatic heterocycles. The van der Waals surface area contributed by atoms with Crippen LogP contribution < -0.4 is 11.1 Å². The number of nitriles is 1. The number of amides is 1. The van der Waals surface area contributed by atoms with Crippen molar-refractivity contribution in [2.24, 2.45) is 5.73 Å². The fourth-order valence-electron chi connectivity index (χ4n) is 4.46. The number of carbonyl (C=O) groups excluding carboxylic acids is 1. The van der Waals surface area contributed by atoms with Crippen molar-refractivity contribution in [1.29, 1.82) is 5.26 Å². The number of nitrogens with one attached hydrogen (secondary N) is 1. The highest BCUT2D eigenvalue weighted by Gasteiger charge is 2.36. The Bertz CT molecular complexity index is 1190. The van der Waals surface area contributed by atoms with Gasteiger partial charge in [0.2, 0.25) is 15.9 Å². The Balaban J connectivity index is 1.38. The van der Waals surface area contributed by atoms with Gasteiger partial charge in [-0.1, -0.05) is 36.4 Å². The molecule has 2 saturated heterocycles. The Morgan fingerprint density at radius 1 is 1.06 bits per heavy atom. The Hall–Kier alpha value is -2.81. The molecule has 2 fully saturated rings. The van der Waals surface area contributed by atoms with E-state index in [1.807, 2.05) is 43.4 Å². The number of nitrogens with zero attached hydrogens (tertiary/aromatic N) is 3. The van der Waals surface area contributed by atoms with E-state index in [4.69, 9.17) is 10.5 Å². The van der Waals surface area contributed by atoms with Crippen LogP contribution in [0, 0.1) is 11.3 Å². The summed E-state index contributed by atoms with van der Waals surface area (Å²) in [4.78, 5) is 15.1. The lowest BCUT2D eigenvalue weighted by molar-refractivity contribution is -0.130. The van der Waals surface area contributed by atoms with Crippen LogP contribution in [0.15, 0.2) is 53.4 Å². The van der Waals surface area contributed by atoms with Crippen LogP contribution in [0.25, 0.3) is 11.1 Å². The van der Waals surface area contributed by atoms with E-state index in [1.54, 1.807) is 12.1 Å². The summed E-state index contributed by atoms with van der Waals surface area (Å²) < 4.78 is 32.7. The summed E-state index contributed by atoms with van der Waals surface area (Å²) >= 11 is 0. The van der Waals surface area contributed by atoms with Gasteiger partial charge >= 0.3 is 0 Å². The van der Waals surface area contributed by atoms with Crippen LogP contribution in [-0.2, 0) is 26.0 Å². The summed E-state index contributed by atoms with van der Waals surface area (Å²) in [6.45, 7) is 3.31. The second-order valence-electron chi connectivity index (χ2n) is 9.56. The fraction of sp³-hybridized carbons (Fsp3) is 0.462. The van der Waals surface area contributed by atoms with Gasteiger partial charge in [-0.3, -0.25) is 4.79 Å². The highest BCUT2D eigenvalue weighted by atomic mass is 32.2. The molecule has 4 rings (SSSR count). The van der Waals surface area contributed by atoms with Crippen molar-refractivity contribution in [3.05, 3.63) is 54.1 Å². The molecule has 0 bridgehead atoms. The molecule has 2 aromatic carbocycles. The van der Waals surface area contributed by atoms with E-state index >= 15 is 0 Å². The third kappa shape index (κ3) is 5.94. The molecule has 1 atom stereocenters. The average Bonchev–Trinajstić information content (AvgIpc) is 2.89. The average molecular weight is 512 g/mol. The van der Waals surface area contributed by atoms with Crippen LogP contribution in [0.1, 0.15) is 18.4 Å². The molecule has 0 spiro atoms. The van der Waals surface area contributed by atoms with Gasteiger partial charge in [-0.2, -0.15) is 9.57 Å². The monoisotopic (exact) mass is 511 g/mol. The number of piperazine rings is 1. The van der Waals surface area contributed by atoms with Gasteiger partial charge in [0.15, 0.2) is 0 Å². The predicted octanol–water partition coefficient (Wildman–Crippen LogP) is 1.35. The van der Waals surface area contributed by atoms with E-state index < -0.39 is 21.6 Å². The number of hydrogen-bond acceptors (Lipinski definition) is 7. The van der Waals surface area contributed by atoms with Crippen LogP contribution in [0.4, 0.5) is 0 Å². The van der Waals surface area contributed by atoms with Crippen molar-refractivity contribution in [1.82, 2.24) is 14.5 Å². The van der Waals surface area contributed by atoms with Crippen molar-refractivity contribution in [3.63, 3.8) is 0 Å². The lowest BCUT2D eigenvalue weighted by Gasteiger charge is -2.32. The number of sulfonamides is 1. The molecule has 3 N–H and O–H groups in total. The number of ether oxygens (including phenoxy) is 1. The first-order valence-electron chi connectivity index (χ1n) is 12.2. The van der Waals surface area contributed by atoms with Crippen LogP contribution >= 0.6 is 0 Å². The van der Waals surface area contributed by atoms with Crippen molar-refractivity contribution in [3.8, 4) is 17.2 Å². The number of rotatable bonds is 7. The van der Waals surface area contributed by atoms with Crippen molar-refractivity contribution < 1.29 is 17.9 Å². The van der Waals surface area contributed by atoms with Crippen LogP contribution in [-0.4, -0.2) is 81.6 Å². The molecule has 2 aromatic rings. The summed E-state index contributed by atoms with van der Waals surface area (Å²) in [7, 11) is -1.52. The smallest absolute Gasteiger partial charge is 0.243 e. The second kappa shape index (κ2) is 11.1. The first kappa shape index (κ1) is 26.3. The van der Waals surface area contributed by atoms with Gasteiger partial charge < -0.3 is 20.7 Å². The maximum Gasteiger partial charge on any atom is 0.243 e. The molecule has 192 valence electrons. The Kier molecular flexibility index (Phi) is 8.07. The number of hydrogen-bond donors (Lipinski definition) is 2. The van der Waals surface area contributed by atoms with Gasteiger partial charge in [0.05, 0.1) is 16.5 Å². The summed E-state index contributed by atoms with van der Waals surface area (Å²) in [6.07, 6.45) is 1.22. The largest absolute Gasteiger partial charge is 0.381 e. The van der Waals surface area contributed by atoms with Crippen molar-refractivity contribution in [2.45, 2.75) is 35.7 Å². The Labute approximate surface area is 212 Å². The number of carbonyl (C=O) groups is 1. The molecular formula is C26H33N5O4S. The molecule has 9 nitrogen and oxygen atoms in total. The van der Waals surface area contributed by atoms with E-state index in [0.29, 0.717) is 50.5 Å². The molecule has 2 aliphatic rings. The predicted molar refractivity (Wildman–Crippen MR) is 136 cm³/mol. The van der Waals surface area contributed by atoms with E-state index in [9.17, 15) is 18.5 Å². The summed E-state index contributed by atoms with van der Waals surface area (Å²) in [5.74, 6) is -0.319. The molecule has 10 heteroatoms. The maximum atomic E-state index is 13.0. The number of nitrogens with two attached hydrogens (primary N) is 1. The molecule has 1 amide bonds. The van der Waals surface area contributed by atoms with E-state index in [0.717, 1.165) is 29.8 Å². The SMILES string of the molecule is CN1CCN(S(=O)(=O)c2ccc(-c3ccc(CC(C#N)NC(=O)C4(N)CCOCC4)cc3)cc2)CC1. The van der Waals surface area contributed by atoms with Gasteiger partial charge in [-0.25, -0.2) is 8.42 Å². The zero-order chi connectivity index (χ0) is 25.8. The molecule has 2 heterocycles. The van der Waals surface area contributed by atoms with Crippen molar-refractivity contribution >= 4 is 15.9 Å². The lowest BCUT2D eigenvalue weighted by atomic mass is 9.90. The van der Waals surface area contributed by atoms with E-state index in [2.05, 4.69) is 16.3 Å². The molecule has 0 saturated carbocycles. The highest BCUT2D eigenvalue weighted by molar-refractivity contribution is 7.89. The van der Waals surface area contributed by atoms with Gasteiger partial charge in [0.25, 0.3) is 0 Å². The lowest BCUT2D eigenvalue weighted by Crippen LogP contribution is -2.58. The Morgan fingerprint density at radius 2 is 1.61 bits per heavy atom. The van der Waals surface area contributed by atoms with Gasteiger partial charge in [-0.05, 0) is 48.7 Å². The minimum Gasteiger partial charge on any atom is -0.381 e. The van der Waals surface area contributed by atoms with Crippen LogP contribution in [0.3, 0.4) is 0 Å². The van der Waals surface area contributed by atoms with Crippen LogP contribution in [0.2, 0.25) is 0 Å². The molecule has 0 aromatic heterocycles. The van der Waals surface area contributed by atoms with Gasteiger partial charge in [-0.15, -0.1) is 0 Å². The van der Waals surface area contributed by atoms with E-state index in [-0.39, 0.29) is 5.91 Å². The topological polar surface area (TPSA) is 129 Å². The zero-order valence-electron chi connectivity index (χ0n) is 20.5. The van der Waals surface area contributed by atoms with Gasteiger partial charge in [0, 0.05) is 45.8 Å². The van der Waals surface area contributed by atoms with Gasteiger partial charge in [0.1, 0.15) is 6.04 Å². The minimum absolute atomic E-state index is 0.294. The fourth-order valence-corrected chi connectivity index (χ4v) is 5.88. The molecule has 0 radical (unpaired) electrons. The summed E-state index contributed by atoms with van der Waals surface area (Å²) in [5, 5.41) is 12.3. The van der Waals surface area contributed by atoms with Crippen molar-refractivity contribution in [2.75, 3.05) is 46.4 Å². The quantitative estimate of drug-likeness (QED) is 0.574. The number of benzene rings is 2. The van der Waals surface area contributed by atoms with E-state index in [1.165, 1.54) is 4.31 Å². The first-order valence-corrected chi connectivity index (χ1v) is 13.6. The standard InChI is InChI=1S/C26H33N5O4S/c1-30-12-14-31(15-13-30)36(33,34)24-8-6-22(7-9-24)21-4-2-20(3-5-21)18-23(19-27)29-25(32)26(28)10-16-35-17-11-26/h2-9,23H,10-18,28H2,1H3,(H,29,32).